The van der Waals surface area contributed by atoms with E-state index in [9.17, 15) is 0 Å². The Balaban J connectivity index is 1.70. The average molecular weight is 226 g/mol. The van der Waals surface area contributed by atoms with Crippen LogP contribution in [-0.2, 0) is 12.8 Å². The lowest BCUT2D eigenvalue weighted by Gasteiger charge is -2.03. The summed E-state index contributed by atoms with van der Waals surface area (Å²) in [7, 11) is 0. The fourth-order valence-electron chi connectivity index (χ4n) is 2.03. The first kappa shape index (κ1) is 10.2. The molecule has 0 aliphatic carbocycles. The summed E-state index contributed by atoms with van der Waals surface area (Å²) in [6.07, 6.45) is 2.08. The molecule has 0 bridgehead atoms. The van der Waals surface area contributed by atoms with Crippen molar-refractivity contribution < 1.29 is 9.47 Å². The van der Waals surface area contributed by atoms with E-state index in [1.54, 1.807) is 0 Å². The van der Waals surface area contributed by atoms with Crippen molar-refractivity contribution in [2.45, 2.75) is 12.8 Å². The molecule has 0 saturated heterocycles. The Labute approximate surface area is 101 Å². The zero-order valence-corrected chi connectivity index (χ0v) is 9.56. The minimum Gasteiger partial charge on any atom is -0.454 e. The fourth-order valence-corrected chi connectivity index (χ4v) is 2.03. The van der Waals surface area contributed by atoms with E-state index in [2.05, 4.69) is 36.4 Å². The lowest BCUT2D eigenvalue weighted by molar-refractivity contribution is 0.174. The lowest BCUT2D eigenvalue weighted by Crippen LogP contribution is -1.93. The van der Waals surface area contributed by atoms with E-state index in [-0.39, 0.29) is 0 Å². The first-order valence-electron chi connectivity index (χ1n) is 5.84. The molecule has 0 radical (unpaired) electrons. The van der Waals surface area contributed by atoms with Gasteiger partial charge in [0.25, 0.3) is 0 Å². The van der Waals surface area contributed by atoms with Gasteiger partial charge in [0.15, 0.2) is 11.5 Å². The number of ether oxygens (including phenoxy) is 2. The average Bonchev–Trinajstić information content (AvgIpc) is 2.85. The minimum absolute atomic E-state index is 0.345. The third-order valence-electron chi connectivity index (χ3n) is 2.98. The molecule has 2 aromatic rings. The Morgan fingerprint density at radius 2 is 1.53 bits per heavy atom. The monoisotopic (exact) mass is 226 g/mol. The molecule has 0 fully saturated rings. The molecule has 2 nitrogen and oxygen atoms in total. The number of hydrogen-bond donors (Lipinski definition) is 0. The summed E-state index contributed by atoms with van der Waals surface area (Å²) in [4.78, 5) is 0. The predicted octanol–water partition coefficient (Wildman–Crippen LogP) is 3.20. The number of rotatable bonds is 3. The molecule has 0 spiro atoms. The highest BCUT2D eigenvalue weighted by Crippen LogP contribution is 2.32. The van der Waals surface area contributed by atoms with E-state index < -0.39 is 0 Å². The Morgan fingerprint density at radius 1 is 0.765 bits per heavy atom. The molecule has 2 heteroatoms. The van der Waals surface area contributed by atoms with Crippen LogP contribution in [0, 0.1) is 0 Å². The standard InChI is InChI=1S/C15H14O2/c1-2-4-12(5-3-1)6-7-13-8-9-14-15(10-13)17-11-16-14/h1-5,8-10H,6-7,11H2. The Kier molecular flexibility index (Phi) is 2.70. The maximum absolute atomic E-state index is 5.37. The van der Waals surface area contributed by atoms with Gasteiger partial charge >= 0.3 is 0 Å². The number of hydrogen-bond acceptors (Lipinski definition) is 2. The van der Waals surface area contributed by atoms with Crippen LogP contribution in [0.2, 0.25) is 0 Å². The number of fused-ring (bicyclic) bond motifs is 1. The normalized spacial score (nSPS) is 12.7. The second-order valence-electron chi connectivity index (χ2n) is 4.17. The van der Waals surface area contributed by atoms with E-state index in [0.29, 0.717) is 6.79 Å². The summed E-state index contributed by atoms with van der Waals surface area (Å²) >= 11 is 0. The summed E-state index contributed by atoms with van der Waals surface area (Å²) in [6, 6.07) is 16.7. The molecule has 0 aromatic heterocycles. The van der Waals surface area contributed by atoms with E-state index in [1.165, 1.54) is 11.1 Å². The van der Waals surface area contributed by atoms with Crippen LogP contribution in [0.5, 0.6) is 11.5 Å². The number of aryl methyl sites for hydroxylation is 2. The van der Waals surface area contributed by atoms with Gasteiger partial charge < -0.3 is 9.47 Å². The van der Waals surface area contributed by atoms with Gasteiger partial charge in [-0.15, -0.1) is 0 Å². The van der Waals surface area contributed by atoms with Crippen molar-refractivity contribution in [1.29, 1.82) is 0 Å². The number of benzene rings is 2. The van der Waals surface area contributed by atoms with E-state index in [0.717, 1.165) is 24.3 Å². The van der Waals surface area contributed by atoms with E-state index in [1.807, 2.05) is 12.1 Å². The second kappa shape index (κ2) is 4.50. The fraction of sp³-hybridized carbons (Fsp3) is 0.200. The second-order valence-corrected chi connectivity index (χ2v) is 4.17. The van der Waals surface area contributed by atoms with Crippen molar-refractivity contribution >= 4 is 0 Å². The summed E-state index contributed by atoms with van der Waals surface area (Å²) < 4.78 is 10.7. The molecule has 0 amide bonds. The van der Waals surface area contributed by atoms with Crippen molar-refractivity contribution in [2.75, 3.05) is 6.79 Å². The van der Waals surface area contributed by atoms with Gasteiger partial charge in [0.1, 0.15) is 0 Å². The Hall–Kier alpha value is -1.96. The van der Waals surface area contributed by atoms with Crippen LogP contribution < -0.4 is 9.47 Å². The Bertz CT molecular complexity index is 506. The van der Waals surface area contributed by atoms with Crippen LogP contribution in [0.1, 0.15) is 11.1 Å². The maximum atomic E-state index is 5.37. The van der Waals surface area contributed by atoms with E-state index in [4.69, 9.17) is 9.47 Å². The molecule has 1 heterocycles. The van der Waals surface area contributed by atoms with Gasteiger partial charge in [0.2, 0.25) is 6.79 Å². The van der Waals surface area contributed by atoms with Crippen molar-refractivity contribution in [3.8, 4) is 11.5 Å². The molecule has 0 atom stereocenters. The van der Waals surface area contributed by atoms with Crippen molar-refractivity contribution in [2.24, 2.45) is 0 Å². The van der Waals surface area contributed by atoms with Gasteiger partial charge in [0.05, 0.1) is 0 Å². The molecule has 17 heavy (non-hydrogen) atoms. The van der Waals surface area contributed by atoms with Gasteiger partial charge in [-0.2, -0.15) is 0 Å². The first-order valence-corrected chi connectivity index (χ1v) is 5.84. The topological polar surface area (TPSA) is 18.5 Å². The van der Waals surface area contributed by atoms with Gasteiger partial charge in [0, 0.05) is 0 Å². The third kappa shape index (κ3) is 2.26. The van der Waals surface area contributed by atoms with Crippen LogP contribution in [0.25, 0.3) is 0 Å². The smallest absolute Gasteiger partial charge is 0.231 e. The van der Waals surface area contributed by atoms with Gasteiger partial charge in [-0.1, -0.05) is 36.4 Å². The third-order valence-corrected chi connectivity index (χ3v) is 2.98. The highest BCUT2D eigenvalue weighted by molar-refractivity contribution is 5.44. The molecule has 3 rings (SSSR count). The maximum Gasteiger partial charge on any atom is 0.231 e. The molecular formula is C15H14O2. The van der Waals surface area contributed by atoms with Crippen molar-refractivity contribution in [3.05, 3.63) is 59.7 Å². The zero-order chi connectivity index (χ0) is 11.5. The molecule has 1 aliphatic rings. The van der Waals surface area contributed by atoms with Gasteiger partial charge in [-0.05, 0) is 36.1 Å². The summed E-state index contributed by atoms with van der Waals surface area (Å²) in [5.74, 6) is 1.73. The van der Waals surface area contributed by atoms with Crippen LogP contribution >= 0.6 is 0 Å². The molecule has 1 aliphatic heterocycles. The zero-order valence-electron chi connectivity index (χ0n) is 9.56. The van der Waals surface area contributed by atoms with Crippen LogP contribution in [0.3, 0.4) is 0 Å². The van der Waals surface area contributed by atoms with Crippen LogP contribution in [0.15, 0.2) is 48.5 Å². The minimum atomic E-state index is 0.345. The highest BCUT2D eigenvalue weighted by atomic mass is 16.7. The SMILES string of the molecule is c1ccc(CCc2ccc3c(c2)OCO3)cc1. The molecule has 0 unspecified atom stereocenters. The van der Waals surface area contributed by atoms with Crippen molar-refractivity contribution in [1.82, 2.24) is 0 Å². The molecular weight excluding hydrogens is 212 g/mol. The largest absolute Gasteiger partial charge is 0.454 e. The van der Waals surface area contributed by atoms with E-state index >= 15 is 0 Å². The summed E-state index contributed by atoms with van der Waals surface area (Å²) in [5, 5.41) is 0. The van der Waals surface area contributed by atoms with Gasteiger partial charge in [-0.3, -0.25) is 0 Å². The quantitative estimate of drug-likeness (QED) is 0.800. The van der Waals surface area contributed by atoms with Gasteiger partial charge in [-0.25, -0.2) is 0 Å². The Morgan fingerprint density at radius 3 is 2.41 bits per heavy atom. The molecule has 86 valence electrons. The lowest BCUT2D eigenvalue weighted by atomic mass is 10.0. The summed E-state index contributed by atoms with van der Waals surface area (Å²) in [6.45, 7) is 0.345. The highest BCUT2D eigenvalue weighted by Gasteiger charge is 2.12. The van der Waals surface area contributed by atoms with Crippen molar-refractivity contribution in [3.63, 3.8) is 0 Å². The molecule has 0 N–H and O–H groups in total. The first-order chi connectivity index (χ1) is 8.42. The molecule has 2 aromatic carbocycles. The summed E-state index contributed by atoms with van der Waals surface area (Å²) in [5.41, 5.74) is 2.66. The van der Waals surface area contributed by atoms with Crippen LogP contribution in [-0.4, -0.2) is 6.79 Å². The molecule has 0 saturated carbocycles. The van der Waals surface area contributed by atoms with Crippen LogP contribution in [0.4, 0.5) is 0 Å². The predicted molar refractivity (Wildman–Crippen MR) is 66.4 cm³/mol.